The number of hydrogen-bond donors (Lipinski definition) is 1. The van der Waals surface area contributed by atoms with Crippen molar-refractivity contribution in [2.24, 2.45) is 0 Å². The van der Waals surface area contributed by atoms with Crippen LogP contribution in [0, 0.1) is 12.7 Å². The number of hydrogen-bond acceptors (Lipinski definition) is 4. The van der Waals surface area contributed by atoms with E-state index in [0.29, 0.717) is 17.8 Å². The average Bonchev–Trinajstić information content (AvgIpc) is 3.37. The molecule has 0 radical (unpaired) electrons. The van der Waals surface area contributed by atoms with Crippen molar-refractivity contribution in [3.8, 4) is 0 Å². The minimum Gasteiger partial charge on any atom is -0.340 e. The summed E-state index contributed by atoms with van der Waals surface area (Å²) in [7, 11) is 0. The highest BCUT2D eigenvalue weighted by molar-refractivity contribution is 8.18. The molecular weight excluding hydrogens is 525 g/mol. The van der Waals surface area contributed by atoms with Crippen molar-refractivity contribution in [1.82, 2.24) is 9.47 Å². The highest BCUT2D eigenvalue weighted by Gasteiger charge is 2.36. The summed E-state index contributed by atoms with van der Waals surface area (Å²) < 4.78 is 16.5. The van der Waals surface area contributed by atoms with Crippen LogP contribution in [-0.4, -0.2) is 33.1 Å². The molecule has 2 heterocycles. The van der Waals surface area contributed by atoms with Gasteiger partial charge in [-0.2, -0.15) is 0 Å². The maximum atomic E-state index is 14.4. The first-order chi connectivity index (χ1) is 19.4. The fourth-order valence-corrected chi connectivity index (χ4v) is 5.90. The number of para-hydroxylation sites is 1. The molecule has 8 heteroatoms. The van der Waals surface area contributed by atoms with Crippen LogP contribution in [0.2, 0.25) is 0 Å². The number of thioether (sulfide) groups is 1. The van der Waals surface area contributed by atoms with Gasteiger partial charge >= 0.3 is 0 Å². The van der Waals surface area contributed by atoms with Crippen LogP contribution in [0.1, 0.15) is 16.8 Å². The van der Waals surface area contributed by atoms with Gasteiger partial charge in [0.05, 0.1) is 11.4 Å². The van der Waals surface area contributed by atoms with Crippen LogP contribution in [0.15, 0.2) is 95.9 Å². The van der Waals surface area contributed by atoms with Crippen LogP contribution in [-0.2, 0) is 16.1 Å². The standard InChI is InChI=1S/C32H24FN3O3S/c1-20-25(24-13-5-7-16-28(24)35(20)18-22-10-3-6-14-26(22)33)17-29-31(38)36(32(39)40-29)19-30(37)34-27-15-8-11-21-9-2-4-12-23(21)27/h2-17H,18-19H2,1H3,(H,34,37)/b29-17-. The van der Waals surface area contributed by atoms with Gasteiger partial charge in [0.2, 0.25) is 5.91 Å². The van der Waals surface area contributed by atoms with Crippen LogP contribution in [0.5, 0.6) is 0 Å². The van der Waals surface area contributed by atoms with Crippen molar-refractivity contribution in [3.05, 3.63) is 119 Å². The van der Waals surface area contributed by atoms with E-state index in [1.165, 1.54) is 6.07 Å². The lowest BCUT2D eigenvalue weighted by Crippen LogP contribution is -2.36. The van der Waals surface area contributed by atoms with Crippen molar-refractivity contribution in [2.45, 2.75) is 13.5 Å². The summed E-state index contributed by atoms with van der Waals surface area (Å²) in [5, 5.41) is 5.06. The van der Waals surface area contributed by atoms with E-state index in [9.17, 15) is 18.8 Å². The summed E-state index contributed by atoms with van der Waals surface area (Å²) in [6, 6.07) is 27.5. The highest BCUT2D eigenvalue weighted by Crippen LogP contribution is 2.36. The van der Waals surface area contributed by atoms with Crippen LogP contribution in [0.25, 0.3) is 27.8 Å². The Hall–Kier alpha value is -4.69. The molecule has 0 spiro atoms. The molecule has 0 unspecified atom stereocenters. The number of carbonyl (C=O) groups excluding carboxylic acids is 3. The molecule has 1 N–H and O–H groups in total. The van der Waals surface area contributed by atoms with E-state index in [-0.39, 0.29) is 17.3 Å². The zero-order chi connectivity index (χ0) is 27.8. The lowest BCUT2D eigenvalue weighted by atomic mass is 10.1. The van der Waals surface area contributed by atoms with Crippen molar-refractivity contribution in [2.75, 3.05) is 11.9 Å². The monoisotopic (exact) mass is 549 g/mol. The number of nitrogens with one attached hydrogen (secondary N) is 1. The topological polar surface area (TPSA) is 71.4 Å². The summed E-state index contributed by atoms with van der Waals surface area (Å²) >= 11 is 0.810. The van der Waals surface area contributed by atoms with Gasteiger partial charge in [-0.15, -0.1) is 0 Å². The minimum absolute atomic E-state index is 0.236. The molecule has 3 amide bonds. The molecule has 1 aliphatic heterocycles. The number of aromatic nitrogens is 1. The summed E-state index contributed by atoms with van der Waals surface area (Å²) in [5.41, 5.74) is 3.67. The number of rotatable bonds is 6. The number of amides is 3. The summed E-state index contributed by atoms with van der Waals surface area (Å²) in [4.78, 5) is 40.2. The normalized spacial score (nSPS) is 14.6. The molecule has 6 nitrogen and oxygen atoms in total. The molecule has 198 valence electrons. The first kappa shape index (κ1) is 25.6. The third-order valence-electron chi connectivity index (χ3n) is 7.08. The van der Waals surface area contributed by atoms with E-state index >= 15 is 0 Å². The molecule has 40 heavy (non-hydrogen) atoms. The van der Waals surface area contributed by atoms with Crippen LogP contribution in [0.4, 0.5) is 14.9 Å². The quantitative estimate of drug-likeness (QED) is 0.232. The first-order valence-corrected chi connectivity index (χ1v) is 13.6. The lowest BCUT2D eigenvalue weighted by Gasteiger charge is -2.13. The second kappa shape index (κ2) is 10.5. The van der Waals surface area contributed by atoms with Gasteiger partial charge in [-0.05, 0) is 48.3 Å². The second-order valence-electron chi connectivity index (χ2n) is 9.54. The maximum Gasteiger partial charge on any atom is 0.294 e. The van der Waals surface area contributed by atoms with Crippen LogP contribution < -0.4 is 5.32 Å². The third kappa shape index (κ3) is 4.67. The van der Waals surface area contributed by atoms with E-state index in [0.717, 1.165) is 49.6 Å². The number of fused-ring (bicyclic) bond motifs is 2. The van der Waals surface area contributed by atoms with Gasteiger partial charge in [-0.3, -0.25) is 19.3 Å². The van der Waals surface area contributed by atoms with E-state index in [1.54, 1.807) is 30.3 Å². The van der Waals surface area contributed by atoms with Crippen molar-refractivity contribution in [3.63, 3.8) is 0 Å². The number of halogens is 1. The Morgan fingerprint density at radius 3 is 2.42 bits per heavy atom. The molecule has 6 rings (SSSR count). The SMILES string of the molecule is Cc1c(/C=C2\SC(=O)N(CC(=O)Nc3cccc4ccccc34)C2=O)c2ccccc2n1Cc1ccccc1F. The largest absolute Gasteiger partial charge is 0.340 e. The van der Waals surface area contributed by atoms with Crippen LogP contribution >= 0.6 is 11.8 Å². The molecule has 0 bridgehead atoms. The van der Waals surface area contributed by atoms with Crippen LogP contribution in [0.3, 0.4) is 0 Å². The van der Waals surface area contributed by atoms with Gasteiger partial charge in [0.1, 0.15) is 12.4 Å². The Bertz CT molecular complexity index is 1850. The smallest absolute Gasteiger partial charge is 0.294 e. The molecule has 0 aliphatic carbocycles. The molecule has 4 aromatic carbocycles. The van der Waals surface area contributed by atoms with Crippen molar-refractivity contribution >= 4 is 62.3 Å². The molecule has 0 saturated carbocycles. The highest BCUT2D eigenvalue weighted by atomic mass is 32.2. The molecule has 1 aliphatic rings. The summed E-state index contributed by atoms with van der Waals surface area (Å²) in [6.45, 7) is 1.84. The van der Waals surface area contributed by atoms with Gasteiger partial charge in [-0.25, -0.2) is 4.39 Å². The number of anilines is 1. The molecule has 1 saturated heterocycles. The molecule has 1 aromatic heterocycles. The average molecular weight is 550 g/mol. The summed E-state index contributed by atoms with van der Waals surface area (Å²) in [5.74, 6) is -1.27. The Kier molecular flexibility index (Phi) is 6.69. The zero-order valence-electron chi connectivity index (χ0n) is 21.6. The Labute approximate surface area is 234 Å². The van der Waals surface area contributed by atoms with E-state index in [4.69, 9.17) is 0 Å². The number of carbonyl (C=O) groups is 3. The van der Waals surface area contributed by atoms with Gasteiger partial charge in [0, 0.05) is 38.8 Å². The second-order valence-corrected chi connectivity index (χ2v) is 10.5. The fraction of sp³-hybridized carbons (Fsp3) is 0.0938. The maximum absolute atomic E-state index is 14.4. The first-order valence-electron chi connectivity index (χ1n) is 12.7. The molecular formula is C32H24FN3O3S. The molecule has 0 atom stereocenters. The van der Waals surface area contributed by atoms with Gasteiger partial charge in [0.15, 0.2) is 0 Å². The van der Waals surface area contributed by atoms with Gasteiger partial charge in [0.25, 0.3) is 11.1 Å². The Morgan fingerprint density at radius 2 is 1.60 bits per heavy atom. The van der Waals surface area contributed by atoms with E-state index in [1.807, 2.05) is 72.2 Å². The minimum atomic E-state index is -0.520. The van der Waals surface area contributed by atoms with Crippen molar-refractivity contribution < 1.29 is 18.8 Å². The Morgan fingerprint density at radius 1 is 0.900 bits per heavy atom. The third-order valence-corrected chi connectivity index (χ3v) is 7.99. The van der Waals surface area contributed by atoms with Gasteiger partial charge in [-0.1, -0.05) is 72.8 Å². The molecule has 5 aromatic rings. The zero-order valence-corrected chi connectivity index (χ0v) is 22.4. The van der Waals surface area contributed by atoms with E-state index in [2.05, 4.69) is 5.32 Å². The number of nitrogens with zero attached hydrogens (tertiary/aromatic N) is 2. The molecule has 1 fully saturated rings. The number of imide groups is 1. The van der Waals surface area contributed by atoms with Gasteiger partial charge < -0.3 is 9.88 Å². The van der Waals surface area contributed by atoms with E-state index < -0.39 is 17.1 Å². The van der Waals surface area contributed by atoms with Crippen molar-refractivity contribution in [1.29, 1.82) is 0 Å². The number of benzene rings is 4. The predicted octanol–water partition coefficient (Wildman–Crippen LogP) is 6.97. The fourth-order valence-electron chi connectivity index (χ4n) is 5.08. The predicted molar refractivity (Wildman–Crippen MR) is 157 cm³/mol. The Balaban J connectivity index is 1.27. The summed E-state index contributed by atoms with van der Waals surface area (Å²) in [6.07, 6.45) is 1.70. The lowest BCUT2D eigenvalue weighted by molar-refractivity contribution is -0.127.